The molecule has 0 spiro atoms. The molecule has 72 valence electrons. The summed E-state index contributed by atoms with van der Waals surface area (Å²) < 4.78 is 4.93. The van der Waals surface area contributed by atoms with Crippen LogP contribution in [-0.2, 0) is 12.8 Å². The van der Waals surface area contributed by atoms with Gasteiger partial charge in [-0.25, -0.2) is 4.79 Å². The third kappa shape index (κ3) is 0.786. The molecule has 1 unspecified atom stereocenters. The molecule has 2 aliphatic rings. The number of nitrogens with two attached hydrogens (primary N) is 1. The number of aromatic hydroxyl groups is 1. The van der Waals surface area contributed by atoms with Gasteiger partial charge in [0.05, 0.1) is 0 Å². The van der Waals surface area contributed by atoms with Gasteiger partial charge >= 0.3 is 5.97 Å². The zero-order chi connectivity index (χ0) is 9.87. The summed E-state index contributed by atoms with van der Waals surface area (Å²) in [6.07, 6.45) is 1.34. The summed E-state index contributed by atoms with van der Waals surface area (Å²) in [7, 11) is 0. The van der Waals surface area contributed by atoms with Crippen LogP contribution in [-0.4, -0.2) is 17.1 Å². The fraction of sp³-hybridized carbons (Fsp3) is 0.300. The van der Waals surface area contributed by atoms with E-state index < -0.39 is 0 Å². The van der Waals surface area contributed by atoms with E-state index in [1.54, 1.807) is 0 Å². The Balaban J connectivity index is 2.24. The smallest absolute Gasteiger partial charge is 0.347 e. The monoisotopic (exact) mass is 191 g/mol. The molecule has 14 heavy (non-hydrogen) atoms. The van der Waals surface area contributed by atoms with E-state index in [-0.39, 0.29) is 17.8 Å². The van der Waals surface area contributed by atoms with Gasteiger partial charge in [-0.2, -0.15) is 0 Å². The van der Waals surface area contributed by atoms with Crippen molar-refractivity contribution in [3.05, 3.63) is 22.8 Å². The Morgan fingerprint density at radius 3 is 2.86 bits per heavy atom. The van der Waals surface area contributed by atoms with Crippen molar-refractivity contribution >= 4 is 5.97 Å². The van der Waals surface area contributed by atoms with Gasteiger partial charge < -0.3 is 15.6 Å². The van der Waals surface area contributed by atoms with Gasteiger partial charge in [0, 0.05) is 17.2 Å². The standard InChI is InChI=1S/C10H9NO3/c11-4-1-5-6(2-4)9-7(3-8(5)12)10(13)14-9/h3-4,12H,1-2,11H2. The van der Waals surface area contributed by atoms with Crippen LogP contribution in [0.1, 0.15) is 21.5 Å². The molecule has 1 aromatic carbocycles. The average Bonchev–Trinajstić information content (AvgIpc) is 2.51. The van der Waals surface area contributed by atoms with E-state index in [1.807, 2.05) is 0 Å². The van der Waals surface area contributed by atoms with Gasteiger partial charge in [-0.1, -0.05) is 0 Å². The molecule has 0 bridgehead atoms. The van der Waals surface area contributed by atoms with Crippen LogP contribution in [0, 0.1) is 0 Å². The van der Waals surface area contributed by atoms with E-state index >= 15 is 0 Å². The SMILES string of the molecule is NC1Cc2c(O)cc3c(c2C1)OC3=O. The first-order valence-corrected chi connectivity index (χ1v) is 4.52. The second-order valence-corrected chi connectivity index (χ2v) is 3.79. The van der Waals surface area contributed by atoms with E-state index in [2.05, 4.69) is 0 Å². The van der Waals surface area contributed by atoms with Crippen molar-refractivity contribution < 1.29 is 14.6 Å². The van der Waals surface area contributed by atoms with Gasteiger partial charge in [-0.05, 0) is 18.9 Å². The van der Waals surface area contributed by atoms with E-state index in [4.69, 9.17) is 10.5 Å². The maximum atomic E-state index is 11.0. The molecule has 0 fully saturated rings. The molecule has 3 N–H and O–H groups in total. The first-order chi connectivity index (χ1) is 6.66. The lowest BCUT2D eigenvalue weighted by molar-refractivity contribution is 0.0655. The minimum atomic E-state index is -0.362. The van der Waals surface area contributed by atoms with Crippen LogP contribution in [0.2, 0.25) is 0 Å². The maximum Gasteiger partial charge on any atom is 0.347 e. The van der Waals surface area contributed by atoms with E-state index in [0.717, 1.165) is 11.1 Å². The second kappa shape index (κ2) is 2.27. The molecule has 1 atom stereocenters. The highest BCUT2D eigenvalue weighted by atomic mass is 16.6. The van der Waals surface area contributed by atoms with Crippen LogP contribution >= 0.6 is 0 Å². The Bertz CT molecular complexity index is 453. The highest BCUT2D eigenvalue weighted by molar-refractivity contribution is 6.02. The minimum absolute atomic E-state index is 0.0294. The van der Waals surface area contributed by atoms with E-state index in [9.17, 15) is 9.90 Å². The summed E-state index contributed by atoms with van der Waals surface area (Å²) in [6.45, 7) is 0. The number of hydrogen-bond donors (Lipinski definition) is 2. The molecule has 0 saturated carbocycles. The van der Waals surface area contributed by atoms with Crippen molar-refractivity contribution in [1.29, 1.82) is 0 Å². The molecule has 0 aromatic heterocycles. The molecule has 4 nitrogen and oxygen atoms in total. The predicted octanol–water partition coefficient (Wildman–Crippen LogP) is 0.351. The number of fused-ring (bicyclic) bond motifs is 3. The van der Waals surface area contributed by atoms with Crippen molar-refractivity contribution in [2.75, 3.05) is 0 Å². The number of rotatable bonds is 0. The molecule has 0 radical (unpaired) electrons. The molecule has 1 aliphatic heterocycles. The lowest BCUT2D eigenvalue weighted by Crippen LogP contribution is -2.23. The molecule has 1 aliphatic carbocycles. The molecule has 1 heterocycles. The highest BCUT2D eigenvalue weighted by Gasteiger charge is 2.36. The first kappa shape index (κ1) is 7.82. The summed E-state index contributed by atoms with van der Waals surface area (Å²) in [5.41, 5.74) is 8.01. The van der Waals surface area contributed by atoms with Gasteiger partial charge in [0.25, 0.3) is 0 Å². The predicted molar refractivity (Wildman–Crippen MR) is 48.4 cm³/mol. The third-order valence-corrected chi connectivity index (χ3v) is 2.82. The van der Waals surface area contributed by atoms with E-state index in [0.29, 0.717) is 24.2 Å². The largest absolute Gasteiger partial charge is 0.508 e. The van der Waals surface area contributed by atoms with Crippen LogP contribution < -0.4 is 10.5 Å². The number of carbonyl (C=O) groups excluding carboxylic acids is 1. The summed E-state index contributed by atoms with van der Waals surface area (Å²) in [5.74, 6) is 0.428. The van der Waals surface area contributed by atoms with Gasteiger partial charge in [-0.15, -0.1) is 0 Å². The zero-order valence-electron chi connectivity index (χ0n) is 7.41. The number of benzene rings is 1. The zero-order valence-corrected chi connectivity index (χ0v) is 7.41. The third-order valence-electron chi connectivity index (χ3n) is 2.82. The number of hydrogen-bond acceptors (Lipinski definition) is 4. The highest BCUT2D eigenvalue weighted by Crippen LogP contribution is 2.43. The lowest BCUT2D eigenvalue weighted by Gasteiger charge is -2.21. The number of carbonyl (C=O) groups is 1. The second-order valence-electron chi connectivity index (χ2n) is 3.79. The van der Waals surface area contributed by atoms with Crippen molar-refractivity contribution in [2.24, 2.45) is 5.73 Å². The van der Waals surface area contributed by atoms with Crippen LogP contribution in [0.25, 0.3) is 0 Å². The fourth-order valence-corrected chi connectivity index (χ4v) is 2.15. The number of phenolic OH excluding ortho intramolecular Hbond substituents is 1. The van der Waals surface area contributed by atoms with Crippen LogP contribution in [0.5, 0.6) is 11.5 Å². The van der Waals surface area contributed by atoms with Crippen LogP contribution in [0.4, 0.5) is 0 Å². The van der Waals surface area contributed by atoms with E-state index in [1.165, 1.54) is 6.07 Å². The number of esters is 1. The lowest BCUT2D eigenvalue weighted by atomic mass is 10.0. The maximum absolute atomic E-state index is 11.0. The Kier molecular flexibility index (Phi) is 1.27. The minimum Gasteiger partial charge on any atom is -0.508 e. The number of phenols is 1. The molecule has 1 aromatic rings. The Morgan fingerprint density at radius 2 is 2.14 bits per heavy atom. The number of ether oxygens (including phenoxy) is 1. The molecular formula is C10H9NO3. The summed E-state index contributed by atoms with van der Waals surface area (Å²) in [5, 5.41) is 9.64. The van der Waals surface area contributed by atoms with Crippen LogP contribution in [0.3, 0.4) is 0 Å². The topological polar surface area (TPSA) is 72.6 Å². The van der Waals surface area contributed by atoms with Crippen molar-refractivity contribution in [3.8, 4) is 11.5 Å². The van der Waals surface area contributed by atoms with Gasteiger partial charge in [0.2, 0.25) is 0 Å². The summed E-state index contributed by atoms with van der Waals surface area (Å²) in [4.78, 5) is 11.0. The summed E-state index contributed by atoms with van der Waals surface area (Å²) >= 11 is 0. The fourth-order valence-electron chi connectivity index (χ4n) is 2.15. The summed E-state index contributed by atoms with van der Waals surface area (Å²) in [6, 6.07) is 1.50. The van der Waals surface area contributed by atoms with Gasteiger partial charge in [-0.3, -0.25) is 0 Å². The molecule has 0 amide bonds. The molecular weight excluding hydrogens is 182 g/mol. The van der Waals surface area contributed by atoms with Gasteiger partial charge in [0.15, 0.2) is 0 Å². The van der Waals surface area contributed by atoms with Crippen LogP contribution in [0.15, 0.2) is 6.07 Å². The quantitative estimate of drug-likeness (QED) is 0.580. The van der Waals surface area contributed by atoms with Crippen molar-refractivity contribution in [1.82, 2.24) is 0 Å². The van der Waals surface area contributed by atoms with Crippen molar-refractivity contribution in [2.45, 2.75) is 18.9 Å². The Morgan fingerprint density at radius 1 is 1.43 bits per heavy atom. The Hall–Kier alpha value is -1.55. The average molecular weight is 191 g/mol. The molecule has 3 rings (SSSR count). The molecule has 0 saturated heterocycles. The molecule has 4 heteroatoms. The van der Waals surface area contributed by atoms with Gasteiger partial charge in [0.1, 0.15) is 17.1 Å². The normalized spacial score (nSPS) is 22.4. The Labute approximate surface area is 80.3 Å². The first-order valence-electron chi connectivity index (χ1n) is 4.52. The van der Waals surface area contributed by atoms with Crippen molar-refractivity contribution in [3.63, 3.8) is 0 Å².